The van der Waals surface area contributed by atoms with Crippen molar-refractivity contribution in [1.82, 2.24) is 4.90 Å². The molecule has 0 bridgehead atoms. The normalized spacial score (nSPS) is 44.5. The molecule has 7 aliphatic rings. The van der Waals surface area contributed by atoms with Crippen LogP contribution in [0.2, 0.25) is 5.02 Å². The molecule has 4 heterocycles. The van der Waals surface area contributed by atoms with E-state index in [4.69, 9.17) is 49.5 Å². The van der Waals surface area contributed by atoms with Crippen LogP contribution in [0.15, 0.2) is 35.9 Å². The Labute approximate surface area is 362 Å². The molecule has 0 spiro atoms. The number of cyclic esters (lactones) is 1. The Kier molecular flexibility index (Phi) is 13.7. The highest BCUT2D eigenvalue weighted by atomic mass is 35.5. The van der Waals surface area contributed by atoms with E-state index in [9.17, 15) is 4.79 Å². The zero-order chi connectivity index (χ0) is 42.6. The molecule has 4 saturated heterocycles. The van der Waals surface area contributed by atoms with Crippen molar-refractivity contribution < 1.29 is 47.5 Å². The smallest absolute Gasteiger partial charge is 0.306 e. The summed E-state index contributed by atoms with van der Waals surface area (Å²) in [7, 11) is 9.18. The Morgan fingerprint density at radius 1 is 0.867 bits per heavy atom. The van der Waals surface area contributed by atoms with Gasteiger partial charge in [0.25, 0.3) is 0 Å². The van der Waals surface area contributed by atoms with Crippen molar-refractivity contribution in [3.8, 4) is 0 Å². The van der Waals surface area contributed by atoms with E-state index in [2.05, 4.69) is 49.9 Å². The molecule has 13 heteroatoms. The molecule has 1 aromatic carbocycles. The van der Waals surface area contributed by atoms with Gasteiger partial charge in [0.1, 0.15) is 24.4 Å². The molecule has 3 aliphatic carbocycles. The van der Waals surface area contributed by atoms with Crippen molar-refractivity contribution in [2.24, 2.45) is 35.5 Å². The third kappa shape index (κ3) is 8.48. The molecule has 8 rings (SSSR count). The zero-order valence-electron chi connectivity index (χ0n) is 37.1. The number of benzene rings is 1. The van der Waals surface area contributed by atoms with Crippen molar-refractivity contribution >= 4 is 29.0 Å². The van der Waals surface area contributed by atoms with Gasteiger partial charge < -0.3 is 47.7 Å². The number of fused-ring (bicyclic) bond motifs is 8. The molecular weight excluding hydrogens is 788 g/mol. The molecule has 1 aromatic rings. The fourth-order valence-corrected chi connectivity index (χ4v) is 12.8. The largest absolute Gasteiger partial charge is 0.462 e. The van der Waals surface area contributed by atoms with Crippen LogP contribution in [0.4, 0.5) is 5.69 Å². The summed E-state index contributed by atoms with van der Waals surface area (Å²) in [5.41, 5.74) is 1.83. The highest BCUT2D eigenvalue weighted by Crippen LogP contribution is 2.65. The topological polar surface area (TPSA) is 114 Å². The van der Waals surface area contributed by atoms with Crippen LogP contribution in [0, 0.1) is 35.5 Å². The molecular formula is C47H69ClN2O10. The van der Waals surface area contributed by atoms with Gasteiger partial charge in [-0.2, -0.15) is 0 Å². The van der Waals surface area contributed by atoms with E-state index in [-0.39, 0.29) is 103 Å². The van der Waals surface area contributed by atoms with Crippen molar-refractivity contribution in [3.63, 3.8) is 0 Å². The molecule has 0 N–H and O–H groups in total. The summed E-state index contributed by atoms with van der Waals surface area (Å²) in [6.07, 6.45) is 5.78. The second kappa shape index (κ2) is 18.5. The second-order valence-electron chi connectivity index (χ2n) is 19.0. The number of halogens is 1. The molecule has 0 amide bonds. The van der Waals surface area contributed by atoms with Crippen molar-refractivity contribution in [2.75, 3.05) is 40.3 Å². The molecule has 19 atom stereocenters. The quantitative estimate of drug-likeness (QED) is 0.181. The van der Waals surface area contributed by atoms with Gasteiger partial charge >= 0.3 is 5.97 Å². The van der Waals surface area contributed by atoms with Crippen LogP contribution < -0.4 is 4.90 Å². The summed E-state index contributed by atoms with van der Waals surface area (Å²) in [5, 5.41) is 0.683. The number of hydrogen-bond donors (Lipinski definition) is 0. The van der Waals surface area contributed by atoms with E-state index in [1.54, 1.807) is 21.3 Å². The van der Waals surface area contributed by atoms with Crippen molar-refractivity contribution in [3.05, 3.63) is 40.9 Å². The number of methoxy groups -OCH3 is 3. The summed E-state index contributed by atoms with van der Waals surface area (Å²) < 4.78 is 50.5. The number of ketones is 1. The van der Waals surface area contributed by atoms with Gasteiger partial charge in [-0.3, -0.25) is 9.59 Å². The summed E-state index contributed by atoms with van der Waals surface area (Å²) in [5.74, 6) is -0.197. The van der Waals surface area contributed by atoms with Crippen LogP contribution in [0.5, 0.6) is 0 Å². The Morgan fingerprint density at radius 3 is 2.30 bits per heavy atom. The first-order chi connectivity index (χ1) is 28.9. The molecule has 6 fully saturated rings. The van der Waals surface area contributed by atoms with E-state index in [1.807, 2.05) is 32.0 Å². The minimum Gasteiger partial charge on any atom is -0.462 e. The first kappa shape index (κ1) is 44.5. The van der Waals surface area contributed by atoms with Gasteiger partial charge in [0, 0.05) is 49.9 Å². The zero-order valence-corrected chi connectivity index (χ0v) is 37.8. The van der Waals surface area contributed by atoms with Crippen LogP contribution in [0.1, 0.15) is 85.5 Å². The van der Waals surface area contributed by atoms with Crippen LogP contribution in [0.3, 0.4) is 0 Å². The number of carbonyl (C=O) groups excluding carboxylic acids is 2. The third-order valence-electron chi connectivity index (χ3n) is 15.5. The lowest BCUT2D eigenvalue weighted by atomic mass is 9.66. The summed E-state index contributed by atoms with van der Waals surface area (Å²) in [6.45, 7) is 8.20. The standard InChI is InChI=1S/C47H69ClN2O10/c1-10-29-15-12-16-37(60-39-18-17-36(49(5)6)25(3)56-39)24(2)43(52)35-22-32-31-20-30(59-47-46(55-9)45(54-8)44(53-7)26(4)57-47)21-34(31)41-42(40(32)33(35)23-38(51)58-29)50(41)28-14-11-13-27(48)19-28/h11,13-14,19,22,24-26,29-34,36-37,39-42,44-47H,10,12,15-18,20-21,23H2,1-9H3/t24-,25-,26+,29+,30+,31+,32+,33-,34-,36+,37+,39+,40-,41+,42-,44+,45-,46-,47+,50?/m1/s1. The van der Waals surface area contributed by atoms with Gasteiger partial charge in [-0.05, 0) is 127 Å². The molecule has 2 saturated carbocycles. The fraction of sp³-hybridized carbons (Fsp3) is 0.787. The van der Waals surface area contributed by atoms with E-state index in [1.165, 1.54) is 0 Å². The molecule has 12 nitrogen and oxygen atoms in total. The number of allylic oxidation sites excluding steroid dienone is 2. The highest BCUT2D eigenvalue weighted by Gasteiger charge is 2.69. The van der Waals surface area contributed by atoms with Crippen LogP contribution >= 0.6 is 11.6 Å². The van der Waals surface area contributed by atoms with Gasteiger partial charge in [0.15, 0.2) is 18.4 Å². The predicted octanol–water partition coefficient (Wildman–Crippen LogP) is 6.84. The van der Waals surface area contributed by atoms with Gasteiger partial charge in [0.2, 0.25) is 0 Å². The Hall–Kier alpha value is -2.13. The minimum absolute atomic E-state index is 0.0168. The lowest BCUT2D eigenvalue weighted by molar-refractivity contribution is -0.314. The number of anilines is 1. The maximum atomic E-state index is 15.2. The average molecular weight is 858 g/mol. The lowest BCUT2D eigenvalue weighted by Crippen LogP contribution is -2.59. The fourth-order valence-electron chi connectivity index (χ4n) is 12.6. The van der Waals surface area contributed by atoms with Gasteiger partial charge in [-0.1, -0.05) is 37.6 Å². The van der Waals surface area contributed by atoms with Crippen LogP contribution in [0.25, 0.3) is 0 Å². The monoisotopic (exact) mass is 856 g/mol. The molecule has 0 unspecified atom stereocenters. The predicted molar refractivity (Wildman–Crippen MR) is 227 cm³/mol. The SMILES string of the molecule is CC[C@H]1CCC[C@H](O[C@H]2CC[C@H](N(C)C)[C@@H](C)O2)[C@@H](C)C(=O)C2=C[C@H]3[C@@H]4C[C@H](O[C@@H]5O[C@@H](C)[C@H](OC)[C@@H](OC)[C@H]5OC)C[C@H]4[C@H]4[C@@H]([C@H]3[C@@H]2CC(=O)O1)N4c1cccc(Cl)c1. The Morgan fingerprint density at radius 2 is 1.62 bits per heavy atom. The number of nitrogens with zero attached hydrogens (tertiary/aromatic N) is 2. The molecule has 60 heavy (non-hydrogen) atoms. The maximum absolute atomic E-state index is 15.2. The Bertz CT molecular complexity index is 1710. The number of ether oxygens (including phenoxy) is 8. The number of hydrogen-bond acceptors (Lipinski definition) is 12. The highest BCUT2D eigenvalue weighted by molar-refractivity contribution is 6.30. The number of Topliss-reactive ketones (excluding diaryl/α,β-unsaturated/α-hetero) is 1. The minimum atomic E-state index is -0.635. The van der Waals surface area contributed by atoms with Crippen LogP contribution in [-0.2, 0) is 47.5 Å². The first-order valence-corrected chi connectivity index (χ1v) is 23.1. The molecule has 4 aliphatic heterocycles. The van der Waals surface area contributed by atoms with Gasteiger partial charge in [-0.15, -0.1) is 0 Å². The maximum Gasteiger partial charge on any atom is 0.306 e. The number of esters is 1. The Balaban J connectivity index is 1.11. The average Bonchev–Trinajstić information content (AvgIpc) is 3.63. The summed E-state index contributed by atoms with van der Waals surface area (Å²) in [4.78, 5) is 33.9. The van der Waals surface area contributed by atoms with Crippen molar-refractivity contribution in [2.45, 2.75) is 165 Å². The summed E-state index contributed by atoms with van der Waals surface area (Å²) >= 11 is 6.63. The van der Waals surface area contributed by atoms with Crippen molar-refractivity contribution in [1.29, 1.82) is 0 Å². The van der Waals surface area contributed by atoms with E-state index < -0.39 is 18.3 Å². The number of likely N-dealkylation sites (N-methyl/N-ethyl adjacent to an activating group) is 1. The number of rotatable bonds is 10. The van der Waals surface area contributed by atoms with Gasteiger partial charge in [-0.25, -0.2) is 0 Å². The molecule has 334 valence electrons. The lowest BCUT2D eigenvalue weighted by Gasteiger charge is -2.44. The summed E-state index contributed by atoms with van der Waals surface area (Å²) in [6, 6.07) is 8.74. The first-order valence-electron chi connectivity index (χ1n) is 22.7. The molecule has 0 aromatic heterocycles. The third-order valence-corrected chi connectivity index (χ3v) is 15.7. The van der Waals surface area contributed by atoms with E-state index >= 15 is 4.79 Å². The molecule has 0 radical (unpaired) electrons. The van der Waals surface area contributed by atoms with Crippen LogP contribution in [-0.4, -0.2) is 132 Å². The van der Waals surface area contributed by atoms with Gasteiger partial charge in [0.05, 0.1) is 42.9 Å². The number of carbonyl (C=O) groups is 2. The van der Waals surface area contributed by atoms with E-state index in [0.29, 0.717) is 23.4 Å². The van der Waals surface area contributed by atoms with E-state index in [0.717, 1.165) is 56.2 Å². The second-order valence-corrected chi connectivity index (χ2v) is 19.4.